The fraction of sp³-hybridized carbons (Fsp3) is 0.588. The summed E-state index contributed by atoms with van der Waals surface area (Å²) in [7, 11) is 2.16. The summed E-state index contributed by atoms with van der Waals surface area (Å²) in [5.41, 5.74) is 0.699. The Kier molecular flexibility index (Phi) is 4.10. The lowest BCUT2D eigenvalue weighted by molar-refractivity contribution is 0.195. The van der Waals surface area contributed by atoms with E-state index < -0.39 is 0 Å². The van der Waals surface area contributed by atoms with E-state index in [4.69, 9.17) is 5.10 Å². The van der Waals surface area contributed by atoms with Crippen LogP contribution < -0.4 is 4.90 Å². The number of hydrogen-bond donors (Lipinski definition) is 0. The Hall–Kier alpha value is -2.55. The van der Waals surface area contributed by atoms with Gasteiger partial charge in [-0.05, 0) is 19.2 Å². The third-order valence-corrected chi connectivity index (χ3v) is 4.88. The van der Waals surface area contributed by atoms with Crippen molar-refractivity contribution in [2.24, 2.45) is 0 Å². The quantitative estimate of drug-likeness (QED) is 0.671. The van der Waals surface area contributed by atoms with Crippen LogP contribution in [0.4, 0.5) is 5.82 Å². The van der Waals surface area contributed by atoms with Crippen molar-refractivity contribution in [1.29, 1.82) is 0 Å². The maximum absolute atomic E-state index is 4.78. The average molecular weight is 355 g/mol. The van der Waals surface area contributed by atoms with Gasteiger partial charge in [0.1, 0.15) is 18.5 Å². The van der Waals surface area contributed by atoms with E-state index in [0.717, 1.165) is 43.5 Å². The van der Waals surface area contributed by atoms with Gasteiger partial charge < -0.3 is 4.90 Å². The molecule has 3 aromatic rings. The number of rotatable bonds is 5. The minimum Gasteiger partial charge on any atom is -0.352 e. The predicted octanol–water partition coefficient (Wildman–Crippen LogP) is 0.834. The first-order chi connectivity index (χ1) is 12.4. The van der Waals surface area contributed by atoms with E-state index >= 15 is 0 Å². The van der Waals surface area contributed by atoms with E-state index in [1.54, 1.807) is 12.7 Å². The molecule has 9 nitrogen and oxygen atoms in total. The number of nitrogens with zero attached hydrogens (tertiary/aromatic N) is 9. The summed E-state index contributed by atoms with van der Waals surface area (Å²) in [4.78, 5) is 8.65. The van der Waals surface area contributed by atoms with E-state index in [2.05, 4.69) is 57.9 Å². The zero-order valence-electron chi connectivity index (χ0n) is 15.7. The van der Waals surface area contributed by atoms with E-state index in [9.17, 15) is 0 Å². The van der Waals surface area contributed by atoms with Crippen molar-refractivity contribution in [3.8, 4) is 0 Å². The Balaban J connectivity index is 1.40. The molecular formula is C17H25N9. The number of fused-ring (bicyclic) bond motifs is 1. The molecule has 0 unspecified atom stereocenters. The highest BCUT2D eigenvalue weighted by Crippen LogP contribution is 2.24. The summed E-state index contributed by atoms with van der Waals surface area (Å²) >= 11 is 0. The van der Waals surface area contributed by atoms with Crippen LogP contribution in [0.3, 0.4) is 0 Å². The molecule has 0 saturated carbocycles. The van der Waals surface area contributed by atoms with Crippen LogP contribution in [0.1, 0.15) is 26.6 Å². The van der Waals surface area contributed by atoms with Crippen molar-refractivity contribution in [3.05, 3.63) is 30.6 Å². The molecule has 0 radical (unpaired) electrons. The molecule has 3 aromatic heterocycles. The summed E-state index contributed by atoms with van der Waals surface area (Å²) in [6.45, 7) is 10.1. The lowest BCUT2D eigenvalue weighted by atomic mass is 9.96. The molecule has 9 heteroatoms. The average Bonchev–Trinajstić information content (AvgIpc) is 3.20. The number of aromatic nitrogens is 7. The first-order valence-corrected chi connectivity index (χ1v) is 8.92. The molecular weight excluding hydrogens is 330 g/mol. The molecule has 1 fully saturated rings. The summed E-state index contributed by atoms with van der Waals surface area (Å²) in [6, 6.07) is 4.55. The van der Waals surface area contributed by atoms with Crippen LogP contribution in [0.25, 0.3) is 5.65 Å². The van der Waals surface area contributed by atoms with Gasteiger partial charge in [0.15, 0.2) is 11.5 Å². The molecule has 0 amide bonds. The van der Waals surface area contributed by atoms with E-state index in [1.807, 2.05) is 21.3 Å². The Morgan fingerprint density at radius 2 is 2.00 bits per heavy atom. The van der Waals surface area contributed by atoms with Gasteiger partial charge in [-0.2, -0.15) is 9.61 Å². The highest BCUT2D eigenvalue weighted by Gasteiger charge is 2.31. The molecule has 0 aliphatic carbocycles. The standard InChI is InChI=1S/C17H25N9/c1-17(2,3)16-21-20-14-5-6-15(22-26(14)16)24-9-13(10-24)23(4)7-8-25-12-18-11-19-25/h5-6,11-13H,7-10H2,1-4H3. The van der Waals surface area contributed by atoms with Crippen molar-refractivity contribution in [2.45, 2.75) is 38.8 Å². The van der Waals surface area contributed by atoms with Crippen molar-refractivity contribution < 1.29 is 0 Å². The molecule has 1 saturated heterocycles. The fourth-order valence-electron chi connectivity index (χ4n) is 3.13. The van der Waals surface area contributed by atoms with E-state index in [0.29, 0.717) is 6.04 Å². The van der Waals surface area contributed by atoms with Gasteiger partial charge in [-0.3, -0.25) is 9.58 Å². The Labute approximate surface area is 152 Å². The van der Waals surface area contributed by atoms with Crippen molar-refractivity contribution in [3.63, 3.8) is 0 Å². The fourth-order valence-corrected chi connectivity index (χ4v) is 3.13. The second-order valence-corrected chi connectivity index (χ2v) is 7.93. The van der Waals surface area contributed by atoms with Crippen molar-refractivity contribution in [1.82, 2.24) is 39.5 Å². The van der Waals surface area contributed by atoms with Gasteiger partial charge in [-0.1, -0.05) is 20.8 Å². The summed E-state index contributed by atoms with van der Waals surface area (Å²) < 4.78 is 3.74. The molecule has 0 spiro atoms. The van der Waals surface area contributed by atoms with Crippen LogP contribution in [0, 0.1) is 0 Å². The number of likely N-dealkylation sites (N-methyl/N-ethyl adjacent to an activating group) is 1. The zero-order chi connectivity index (χ0) is 18.3. The Morgan fingerprint density at radius 1 is 1.19 bits per heavy atom. The molecule has 0 N–H and O–H groups in total. The molecule has 0 bridgehead atoms. The van der Waals surface area contributed by atoms with E-state index in [1.165, 1.54) is 0 Å². The molecule has 4 heterocycles. The molecule has 1 aliphatic rings. The summed E-state index contributed by atoms with van der Waals surface area (Å²) in [6.07, 6.45) is 3.33. The van der Waals surface area contributed by atoms with Crippen LogP contribution in [-0.4, -0.2) is 72.2 Å². The van der Waals surface area contributed by atoms with Crippen LogP contribution in [0.15, 0.2) is 24.8 Å². The number of hydrogen-bond acceptors (Lipinski definition) is 7. The van der Waals surface area contributed by atoms with Crippen molar-refractivity contribution >= 4 is 11.5 Å². The molecule has 138 valence electrons. The largest absolute Gasteiger partial charge is 0.352 e. The van der Waals surface area contributed by atoms with Gasteiger partial charge in [-0.25, -0.2) is 4.98 Å². The first-order valence-electron chi connectivity index (χ1n) is 8.92. The molecule has 4 rings (SSSR count). The zero-order valence-corrected chi connectivity index (χ0v) is 15.7. The maximum Gasteiger partial charge on any atom is 0.178 e. The lowest BCUT2D eigenvalue weighted by Crippen LogP contribution is -2.59. The topological polar surface area (TPSA) is 80.3 Å². The van der Waals surface area contributed by atoms with Crippen molar-refractivity contribution in [2.75, 3.05) is 31.6 Å². The molecule has 0 atom stereocenters. The molecule has 26 heavy (non-hydrogen) atoms. The van der Waals surface area contributed by atoms with Gasteiger partial charge in [0.05, 0.1) is 6.54 Å². The molecule has 0 aromatic carbocycles. The summed E-state index contributed by atoms with van der Waals surface area (Å²) in [5.74, 6) is 1.86. The van der Waals surface area contributed by atoms with Gasteiger partial charge >= 0.3 is 0 Å². The first kappa shape index (κ1) is 16.9. The number of anilines is 1. The normalized spacial score (nSPS) is 15.8. The van der Waals surface area contributed by atoms with Gasteiger partial charge in [-0.15, -0.1) is 15.3 Å². The highest BCUT2D eigenvalue weighted by atomic mass is 15.4. The lowest BCUT2D eigenvalue weighted by Gasteiger charge is -2.44. The van der Waals surface area contributed by atoms with Crippen LogP contribution in [-0.2, 0) is 12.0 Å². The summed E-state index contributed by atoms with van der Waals surface area (Å²) in [5, 5.41) is 17.5. The SMILES string of the molecule is CN(CCn1cncn1)C1CN(c2ccc3nnc(C(C)(C)C)n3n2)C1. The third kappa shape index (κ3) is 3.14. The predicted molar refractivity (Wildman–Crippen MR) is 98.1 cm³/mol. The molecule has 1 aliphatic heterocycles. The maximum atomic E-state index is 4.78. The second kappa shape index (κ2) is 6.31. The van der Waals surface area contributed by atoms with Crippen LogP contribution in [0.5, 0.6) is 0 Å². The van der Waals surface area contributed by atoms with E-state index in [-0.39, 0.29) is 5.41 Å². The van der Waals surface area contributed by atoms with Crippen LogP contribution >= 0.6 is 0 Å². The Morgan fingerprint density at radius 3 is 2.69 bits per heavy atom. The highest BCUT2D eigenvalue weighted by molar-refractivity contribution is 5.48. The minimum atomic E-state index is -0.0932. The van der Waals surface area contributed by atoms with Gasteiger partial charge in [0.2, 0.25) is 0 Å². The third-order valence-electron chi connectivity index (χ3n) is 4.88. The van der Waals surface area contributed by atoms with Gasteiger partial charge in [0.25, 0.3) is 0 Å². The van der Waals surface area contributed by atoms with Crippen LogP contribution in [0.2, 0.25) is 0 Å². The monoisotopic (exact) mass is 355 g/mol. The Bertz CT molecular complexity index is 871. The smallest absolute Gasteiger partial charge is 0.178 e. The van der Waals surface area contributed by atoms with Gasteiger partial charge in [0, 0.05) is 31.1 Å². The second-order valence-electron chi connectivity index (χ2n) is 7.93. The minimum absolute atomic E-state index is 0.0932.